The van der Waals surface area contributed by atoms with Gasteiger partial charge in [-0.3, -0.25) is 9.59 Å². The van der Waals surface area contributed by atoms with Crippen LogP contribution < -0.4 is 10.1 Å². The van der Waals surface area contributed by atoms with E-state index in [1.807, 2.05) is 54.6 Å². The minimum absolute atomic E-state index is 0.237. The van der Waals surface area contributed by atoms with Crippen LogP contribution in [0.5, 0.6) is 5.75 Å². The number of halogens is 3. The first-order valence-electron chi connectivity index (χ1n) is 10.2. The topological polar surface area (TPSA) is 58.6 Å². The van der Waals surface area contributed by atoms with Gasteiger partial charge in [-0.15, -0.1) is 0 Å². The highest BCUT2D eigenvalue weighted by molar-refractivity contribution is 9.10. The number of carbonyl (C=O) groups excluding carboxylic acids is 2. The molecule has 0 spiro atoms. The van der Waals surface area contributed by atoms with Crippen molar-refractivity contribution in [2.24, 2.45) is 0 Å². The fourth-order valence-corrected chi connectivity index (χ4v) is 4.28. The fraction of sp³-hybridized carbons (Fsp3) is 0.200. The Morgan fingerprint density at radius 3 is 2.39 bits per heavy atom. The number of nitrogens with one attached hydrogen (secondary N) is 1. The van der Waals surface area contributed by atoms with Crippen LogP contribution in [0.25, 0.3) is 0 Å². The first-order chi connectivity index (χ1) is 15.9. The molecule has 0 radical (unpaired) electrons. The van der Waals surface area contributed by atoms with Crippen LogP contribution in [0.1, 0.15) is 11.1 Å². The van der Waals surface area contributed by atoms with Gasteiger partial charge in [-0.25, -0.2) is 0 Å². The van der Waals surface area contributed by atoms with E-state index in [9.17, 15) is 9.59 Å². The predicted octanol–water partition coefficient (Wildman–Crippen LogP) is 5.52. The second-order valence-corrected chi connectivity index (χ2v) is 9.09. The van der Waals surface area contributed by atoms with E-state index in [0.717, 1.165) is 15.6 Å². The average Bonchev–Trinajstić information content (AvgIpc) is 2.81. The fourth-order valence-electron chi connectivity index (χ4n) is 3.37. The van der Waals surface area contributed by atoms with Crippen LogP contribution in [-0.2, 0) is 22.6 Å². The van der Waals surface area contributed by atoms with Crippen molar-refractivity contribution in [3.05, 3.63) is 98.4 Å². The maximum atomic E-state index is 13.4. The highest BCUT2D eigenvalue weighted by Gasteiger charge is 2.30. The lowest BCUT2D eigenvalue weighted by molar-refractivity contribution is -0.142. The smallest absolute Gasteiger partial charge is 0.261 e. The summed E-state index contributed by atoms with van der Waals surface area (Å²) in [5.41, 5.74) is 1.82. The van der Waals surface area contributed by atoms with Gasteiger partial charge in [-0.1, -0.05) is 81.6 Å². The Balaban J connectivity index is 1.88. The van der Waals surface area contributed by atoms with Crippen molar-refractivity contribution in [3.8, 4) is 5.75 Å². The Morgan fingerprint density at radius 1 is 1.00 bits per heavy atom. The van der Waals surface area contributed by atoms with Crippen LogP contribution in [0.3, 0.4) is 0 Å². The van der Waals surface area contributed by atoms with E-state index in [-0.39, 0.29) is 25.0 Å². The summed E-state index contributed by atoms with van der Waals surface area (Å²) in [5, 5.41) is 3.46. The third-order valence-corrected chi connectivity index (χ3v) is 6.03. The summed E-state index contributed by atoms with van der Waals surface area (Å²) in [6.07, 6.45) is 0.363. The summed E-state index contributed by atoms with van der Waals surface area (Å²) < 4.78 is 6.57. The molecule has 33 heavy (non-hydrogen) atoms. The lowest BCUT2D eigenvalue weighted by Gasteiger charge is -2.31. The molecule has 0 heterocycles. The molecule has 172 valence electrons. The normalized spacial score (nSPS) is 11.5. The molecule has 3 aromatic rings. The second kappa shape index (κ2) is 12.1. The minimum atomic E-state index is -0.729. The molecule has 0 aromatic heterocycles. The molecule has 0 aliphatic heterocycles. The Hall–Kier alpha value is -2.54. The zero-order valence-electron chi connectivity index (χ0n) is 17.9. The minimum Gasteiger partial charge on any atom is -0.482 e. The SMILES string of the molecule is CNC(=O)[C@H](Cc1ccccc1)N(Cc1cccc(Br)c1)C(=O)COc1ccc(Cl)cc1Cl. The summed E-state index contributed by atoms with van der Waals surface area (Å²) in [7, 11) is 1.56. The van der Waals surface area contributed by atoms with Crippen LogP contribution in [0.2, 0.25) is 10.0 Å². The van der Waals surface area contributed by atoms with Crippen molar-refractivity contribution in [1.29, 1.82) is 0 Å². The van der Waals surface area contributed by atoms with E-state index in [1.54, 1.807) is 25.2 Å². The zero-order chi connectivity index (χ0) is 23.8. The van der Waals surface area contributed by atoms with E-state index < -0.39 is 6.04 Å². The van der Waals surface area contributed by atoms with Gasteiger partial charge in [-0.2, -0.15) is 0 Å². The summed E-state index contributed by atoms with van der Waals surface area (Å²) in [5.74, 6) is -0.256. The van der Waals surface area contributed by atoms with Gasteiger partial charge in [0.15, 0.2) is 6.61 Å². The number of hydrogen-bond donors (Lipinski definition) is 1. The molecule has 0 unspecified atom stereocenters. The number of likely N-dealkylation sites (N-methyl/N-ethyl adjacent to an activating group) is 1. The molecule has 5 nitrogen and oxygen atoms in total. The van der Waals surface area contributed by atoms with Crippen molar-refractivity contribution >= 4 is 50.9 Å². The third kappa shape index (κ3) is 7.22. The molecule has 8 heteroatoms. The largest absolute Gasteiger partial charge is 0.482 e. The Labute approximate surface area is 211 Å². The van der Waals surface area contributed by atoms with Crippen LogP contribution in [0, 0.1) is 0 Å². The average molecular weight is 550 g/mol. The summed E-state index contributed by atoms with van der Waals surface area (Å²) in [6, 6.07) is 21.3. The van der Waals surface area contributed by atoms with Crippen molar-refractivity contribution in [3.63, 3.8) is 0 Å². The predicted molar refractivity (Wildman–Crippen MR) is 135 cm³/mol. The number of rotatable bonds is 9. The highest BCUT2D eigenvalue weighted by Crippen LogP contribution is 2.27. The number of hydrogen-bond acceptors (Lipinski definition) is 3. The van der Waals surface area contributed by atoms with Crippen LogP contribution in [0.15, 0.2) is 77.3 Å². The number of benzene rings is 3. The van der Waals surface area contributed by atoms with Gasteiger partial charge in [0.25, 0.3) is 5.91 Å². The van der Waals surface area contributed by atoms with Gasteiger partial charge in [0.05, 0.1) is 5.02 Å². The van der Waals surface area contributed by atoms with Crippen molar-refractivity contribution < 1.29 is 14.3 Å². The monoisotopic (exact) mass is 548 g/mol. The number of nitrogens with zero attached hydrogens (tertiary/aromatic N) is 1. The molecule has 0 bridgehead atoms. The van der Waals surface area contributed by atoms with Gasteiger partial charge >= 0.3 is 0 Å². The lowest BCUT2D eigenvalue weighted by Crippen LogP contribution is -2.51. The van der Waals surface area contributed by atoms with Gasteiger partial charge in [0.1, 0.15) is 11.8 Å². The summed E-state index contributed by atoms with van der Waals surface area (Å²) in [6.45, 7) is -0.0431. The Morgan fingerprint density at radius 2 is 1.73 bits per heavy atom. The first-order valence-corrected chi connectivity index (χ1v) is 11.8. The molecule has 3 rings (SSSR count). The summed E-state index contributed by atoms with van der Waals surface area (Å²) >= 11 is 15.6. The molecule has 2 amide bonds. The van der Waals surface area contributed by atoms with Crippen molar-refractivity contribution in [2.45, 2.75) is 19.0 Å². The van der Waals surface area contributed by atoms with Gasteiger partial charge in [0.2, 0.25) is 5.91 Å². The first kappa shape index (κ1) is 25.1. The Bertz CT molecular complexity index is 1110. The maximum Gasteiger partial charge on any atom is 0.261 e. The number of carbonyl (C=O) groups is 2. The standard InChI is InChI=1S/C25H23BrCl2N2O3/c1-29-25(32)22(13-17-6-3-2-4-7-17)30(15-18-8-5-9-19(26)12-18)24(31)16-33-23-11-10-20(27)14-21(23)28/h2-12,14,22H,13,15-16H2,1H3,(H,29,32)/t22-/m0/s1. The second-order valence-electron chi connectivity index (χ2n) is 7.33. The van der Waals surface area contributed by atoms with E-state index in [1.165, 1.54) is 4.90 Å². The molecule has 3 aromatic carbocycles. The van der Waals surface area contributed by atoms with Gasteiger partial charge < -0.3 is 15.0 Å². The molecule has 0 aliphatic rings. The quantitative estimate of drug-likeness (QED) is 0.382. The molecule has 0 saturated carbocycles. The summed E-state index contributed by atoms with van der Waals surface area (Å²) in [4.78, 5) is 27.8. The molecule has 0 fully saturated rings. The van der Waals surface area contributed by atoms with Gasteiger partial charge in [0, 0.05) is 29.5 Å². The molecule has 1 atom stereocenters. The van der Waals surface area contributed by atoms with Crippen LogP contribution in [0.4, 0.5) is 0 Å². The molecular weight excluding hydrogens is 527 g/mol. The zero-order valence-corrected chi connectivity index (χ0v) is 21.0. The number of ether oxygens (including phenoxy) is 1. The van der Waals surface area contributed by atoms with Crippen LogP contribution in [-0.4, -0.2) is 36.4 Å². The lowest BCUT2D eigenvalue weighted by atomic mass is 10.0. The van der Waals surface area contributed by atoms with E-state index in [0.29, 0.717) is 22.2 Å². The van der Waals surface area contributed by atoms with E-state index in [4.69, 9.17) is 27.9 Å². The Kier molecular flexibility index (Phi) is 9.18. The number of amides is 2. The van der Waals surface area contributed by atoms with E-state index >= 15 is 0 Å². The molecule has 0 saturated heterocycles. The van der Waals surface area contributed by atoms with Crippen LogP contribution >= 0.6 is 39.1 Å². The van der Waals surface area contributed by atoms with Crippen molar-refractivity contribution in [1.82, 2.24) is 10.2 Å². The van der Waals surface area contributed by atoms with Crippen molar-refractivity contribution in [2.75, 3.05) is 13.7 Å². The maximum absolute atomic E-state index is 13.4. The molecule has 0 aliphatic carbocycles. The van der Waals surface area contributed by atoms with Gasteiger partial charge in [-0.05, 0) is 41.5 Å². The molecular formula is C25H23BrCl2N2O3. The highest BCUT2D eigenvalue weighted by atomic mass is 79.9. The van der Waals surface area contributed by atoms with E-state index in [2.05, 4.69) is 21.2 Å². The third-order valence-electron chi connectivity index (χ3n) is 5.00. The molecule has 1 N–H and O–H groups in total.